The Morgan fingerprint density at radius 1 is 1.17 bits per heavy atom. The summed E-state index contributed by atoms with van der Waals surface area (Å²) in [5, 5.41) is 14.2. The summed E-state index contributed by atoms with van der Waals surface area (Å²) in [5.74, 6) is -2.14. The van der Waals surface area contributed by atoms with E-state index in [-0.39, 0.29) is 11.1 Å². The molecule has 0 radical (unpaired) electrons. The fourth-order valence-electron chi connectivity index (χ4n) is 2.54. The van der Waals surface area contributed by atoms with E-state index in [0.717, 1.165) is 9.47 Å². The monoisotopic (exact) mass is 411 g/mol. The summed E-state index contributed by atoms with van der Waals surface area (Å²) < 4.78 is 6.05. The molecule has 0 unspecified atom stereocenters. The van der Waals surface area contributed by atoms with Gasteiger partial charge >= 0.3 is 11.7 Å². The second-order valence-electron chi connectivity index (χ2n) is 6.17. The van der Waals surface area contributed by atoms with Gasteiger partial charge in [-0.05, 0) is 30.2 Å². The smallest absolute Gasteiger partial charge is 0.331 e. The Morgan fingerprint density at radius 3 is 2.57 bits per heavy atom. The molecule has 0 saturated carbocycles. The molecule has 11 heteroatoms. The molecule has 30 heavy (non-hydrogen) atoms. The average Bonchev–Trinajstić information content (AvgIpc) is 3.23. The van der Waals surface area contributed by atoms with Crippen LogP contribution in [0, 0.1) is 0 Å². The first-order chi connectivity index (χ1) is 14.2. The summed E-state index contributed by atoms with van der Waals surface area (Å²) in [5.41, 5.74) is -1.98. The van der Waals surface area contributed by atoms with Crippen molar-refractivity contribution in [1.29, 1.82) is 0 Å². The van der Waals surface area contributed by atoms with Crippen molar-refractivity contribution in [3.8, 4) is 5.88 Å². The van der Waals surface area contributed by atoms with Crippen LogP contribution in [0.2, 0.25) is 0 Å². The van der Waals surface area contributed by atoms with Gasteiger partial charge in [-0.25, -0.2) is 9.59 Å². The average molecular weight is 411 g/mol. The van der Waals surface area contributed by atoms with Gasteiger partial charge in [-0.1, -0.05) is 12.2 Å². The Balaban J connectivity index is 2.05. The molecule has 0 spiro atoms. The number of likely N-dealkylation sites (N-methyl/N-ethyl adjacent to an activating group) is 1. The van der Waals surface area contributed by atoms with Crippen LogP contribution in [0.1, 0.15) is 11.3 Å². The van der Waals surface area contributed by atoms with Crippen molar-refractivity contribution in [2.75, 3.05) is 7.05 Å². The number of carbonyl (C=O) groups excluding carboxylic acids is 3. The molecule has 0 atom stereocenters. The number of aromatic amines is 1. The maximum Gasteiger partial charge on any atom is 0.331 e. The zero-order chi connectivity index (χ0) is 22.0. The predicted octanol–water partition coefficient (Wildman–Crippen LogP) is -0.528. The number of nitrogens with zero attached hydrogens (tertiary/aromatic N) is 2. The van der Waals surface area contributed by atoms with Crippen LogP contribution in [0.5, 0.6) is 5.88 Å². The molecular weight excluding hydrogens is 396 g/mol. The van der Waals surface area contributed by atoms with E-state index in [4.69, 9.17) is 4.42 Å². The van der Waals surface area contributed by atoms with Crippen LogP contribution in [0.3, 0.4) is 0 Å². The maximum atomic E-state index is 12.2. The van der Waals surface area contributed by atoms with Crippen molar-refractivity contribution >= 4 is 29.5 Å². The molecule has 2 aromatic rings. The second kappa shape index (κ2) is 7.91. The fourth-order valence-corrected chi connectivity index (χ4v) is 2.54. The summed E-state index contributed by atoms with van der Waals surface area (Å²) in [6.07, 6.45) is 6.46. The zero-order valence-corrected chi connectivity index (χ0v) is 15.8. The highest BCUT2D eigenvalue weighted by Crippen LogP contribution is 2.20. The van der Waals surface area contributed by atoms with Gasteiger partial charge in [0.25, 0.3) is 17.4 Å². The number of allylic oxidation sites excluding steroid dienone is 4. The molecule has 154 valence electrons. The summed E-state index contributed by atoms with van der Waals surface area (Å²) in [7, 11) is 2.44. The molecule has 3 rings (SSSR count). The quantitative estimate of drug-likeness (QED) is 0.389. The van der Waals surface area contributed by atoms with Crippen LogP contribution >= 0.6 is 0 Å². The van der Waals surface area contributed by atoms with Gasteiger partial charge in [-0.2, -0.15) is 0 Å². The lowest BCUT2D eigenvalue weighted by molar-refractivity contribution is -0.279. The van der Waals surface area contributed by atoms with Gasteiger partial charge in [0, 0.05) is 25.2 Å². The van der Waals surface area contributed by atoms with E-state index in [1.165, 1.54) is 44.7 Å². The molecule has 1 aliphatic rings. The number of carbonyl (C=O) groups is 3. The zero-order valence-electron chi connectivity index (χ0n) is 15.8. The van der Waals surface area contributed by atoms with Gasteiger partial charge < -0.3 is 14.1 Å². The Labute approximate surface area is 168 Å². The summed E-state index contributed by atoms with van der Waals surface area (Å²) in [6.45, 7) is 0. The predicted molar refractivity (Wildman–Crippen MR) is 102 cm³/mol. The SMILES string of the molecule is CN1C(=O)NC(=O)C(=CC=C(C=Cc2c([O-])n(C)c(=O)[nH]c2=O)c2ccco2)C1=O. The number of nitrogens with one attached hydrogen (secondary N) is 2. The highest BCUT2D eigenvalue weighted by Gasteiger charge is 2.32. The van der Waals surface area contributed by atoms with Crippen LogP contribution in [0.15, 0.2) is 56.2 Å². The van der Waals surface area contributed by atoms with Crippen LogP contribution in [-0.2, 0) is 16.6 Å². The van der Waals surface area contributed by atoms with E-state index in [1.807, 2.05) is 10.3 Å². The van der Waals surface area contributed by atoms with Crippen molar-refractivity contribution in [3.63, 3.8) is 0 Å². The van der Waals surface area contributed by atoms with E-state index in [0.29, 0.717) is 11.3 Å². The van der Waals surface area contributed by atoms with Gasteiger partial charge in [-0.3, -0.25) is 29.6 Å². The number of urea groups is 1. The van der Waals surface area contributed by atoms with Crippen LogP contribution in [0.25, 0.3) is 11.6 Å². The molecule has 1 saturated heterocycles. The molecule has 0 aromatic carbocycles. The van der Waals surface area contributed by atoms with Crippen LogP contribution in [-0.4, -0.2) is 39.3 Å². The number of hydrogen-bond acceptors (Lipinski definition) is 7. The number of imide groups is 2. The molecule has 11 nitrogen and oxygen atoms in total. The van der Waals surface area contributed by atoms with E-state index < -0.39 is 35.0 Å². The lowest BCUT2D eigenvalue weighted by Crippen LogP contribution is -2.52. The normalized spacial score (nSPS) is 16.6. The highest BCUT2D eigenvalue weighted by molar-refractivity contribution is 6.28. The van der Waals surface area contributed by atoms with Crippen molar-refractivity contribution in [3.05, 3.63) is 74.4 Å². The van der Waals surface area contributed by atoms with Gasteiger partial charge in [0.2, 0.25) is 0 Å². The first-order valence-corrected chi connectivity index (χ1v) is 8.48. The molecule has 4 amide bonds. The number of amides is 4. The van der Waals surface area contributed by atoms with Gasteiger partial charge in [-0.15, -0.1) is 0 Å². The summed E-state index contributed by atoms with van der Waals surface area (Å²) in [6, 6.07) is 2.33. The van der Waals surface area contributed by atoms with E-state index in [2.05, 4.69) is 0 Å². The number of rotatable bonds is 4. The van der Waals surface area contributed by atoms with Gasteiger partial charge in [0.15, 0.2) is 0 Å². The van der Waals surface area contributed by atoms with E-state index >= 15 is 0 Å². The van der Waals surface area contributed by atoms with Crippen molar-refractivity contribution in [1.82, 2.24) is 19.8 Å². The first-order valence-electron chi connectivity index (χ1n) is 8.48. The largest absolute Gasteiger partial charge is 0.859 e. The molecule has 0 aliphatic carbocycles. The Bertz CT molecular complexity index is 1240. The minimum absolute atomic E-state index is 0.293. The Hall–Kier alpha value is -4.41. The molecule has 1 aliphatic heterocycles. The van der Waals surface area contributed by atoms with Crippen LogP contribution in [0.4, 0.5) is 4.79 Å². The van der Waals surface area contributed by atoms with Crippen LogP contribution < -0.4 is 21.7 Å². The number of aromatic nitrogens is 2. The standard InChI is InChI=1S/C19H16N4O7/c1-22-16(26)11(14(24)20-18(22)28)7-5-10(13-4-3-9-30-13)6-8-12-15(25)21-19(29)23(2)17(12)27/h3-9,26H,1-2H3,(H,20,24,28)(H,21,25,29)/p-1. The van der Waals surface area contributed by atoms with Gasteiger partial charge in [0.1, 0.15) is 11.3 Å². The number of hydrogen-bond donors (Lipinski definition) is 2. The molecular formula is C19H15N4O7-. The first kappa shape index (κ1) is 20.3. The third-order valence-electron chi connectivity index (χ3n) is 4.27. The lowest BCUT2D eigenvalue weighted by atomic mass is 10.1. The Morgan fingerprint density at radius 2 is 1.90 bits per heavy atom. The number of furan rings is 1. The summed E-state index contributed by atoms with van der Waals surface area (Å²) in [4.78, 5) is 61.8. The topological polar surface area (TPSA) is 158 Å². The third-order valence-corrected chi connectivity index (χ3v) is 4.27. The summed E-state index contributed by atoms with van der Waals surface area (Å²) >= 11 is 0. The molecule has 0 bridgehead atoms. The molecule has 1 fully saturated rings. The second-order valence-corrected chi connectivity index (χ2v) is 6.17. The highest BCUT2D eigenvalue weighted by atomic mass is 16.3. The van der Waals surface area contributed by atoms with Crippen molar-refractivity contribution in [2.24, 2.45) is 7.05 Å². The van der Waals surface area contributed by atoms with E-state index in [9.17, 15) is 29.1 Å². The van der Waals surface area contributed by atoms with Crippen molar-refractivity contribution in [2.45, 2.75) is 0 Å². The number of H-pyrrole nitrogens is 1. The molecule has 3 heterocycles. The van der Waals surface area contributed by atoms with Crippen molar-refractivity contribution < 1.29 is 23.9 Å². The fraction of sp³-hybridized carbons (Fsp3) is 0.105. The molecule has 2 aromatic heterocycles. The minimum Gasteiger partial charge on any atom is -0.859 e. The third kappa shape index (κ3) is 3.76. The lowest BCUT2D eigenvalue weighted by Gasteiger charge is -2.21. The maximum absolute atomic E-state index is 12.2. The van der Waals surface area contributed by atoms with E-state index in [1.54, 1.807) is 12.1 Å². The van der Waals surface area contributed by atoms with Gasteiger partial charge in [0.05, 0.1) is 6.26 Å². The number of barbiturate groups is 1. The minimum atomic E-state index is -0.863. The Kier molecular flexibility index (Phi) is 5.36. The molecule has 2 N–H and O–H groups in total.